The molecule has 1 fully saturated rings. The third-order valence-corrected chi connectivity index (χ3v) is 3.26. The molecule has 1 amide bonds. The second-order valence-electron chi connectivity index (χ2n) is 4.20. The van der Waals surface area contributed by atoms with Crippen molar-refractivity contribution < 1.29 is 14.3 Å². The largest absolute Gasteiger partial charge is 0.466 e. The van der Waals surface area contributed by atoms with Gasteiger partial charge in [-0.15, -0.1) is 11.6 Å². The van der Waals surface area contributed by atoms with Crippen LogP contribution in [0.4, 0.5) is 0 Å². The van der Waals surface area contributed by atoms with Crippen molar-refractivity contribution in [1.29, 1.82) is 0 Å². The molecule has 1 saturated heterocycles. The number of piperidine rings is 1. The van der Waals surface area contributed by atoms with Crippen LogP contribution in [0.1, 0.15) is 32.6 Å². The van der Waals surface area contributed by atoms with E-state index in [9.17, 15) is 9.59 Å². The molecule has 1 aliphatic rings. The monoisotopic (exact) mass is 261 g/mol. The number of ether oxygens (including phenoxy) is 1. The van der Waals surface area contributed by atoms with Crippen LogP contribution >= 0.6 is 11.6 Å². The van der Waals surface area contributed by atoms with Crippen LogP contribution in [-0.4, -0.2) is 42.4 Å². The van der Waals surface area contributed by atoms with Crippen molar-refractivity contribution in [3.05, 3.63) is 0 Å². The first-order valence-electron chi connectivity index (χ1n) is 6.19. The Bertz CT molecular complexity index is 262. The lowest BCUT2D eigenvalue weighted by Crippen LogP contribution is -2.40. The fraction of sp³-hybridized carbons (Fsp3) is 0.833. The summed E-state index contributed by atoms with van der Waals surface area (Å²) in [7, 11) is 0. The van der Waals surface area contributed by atoms with E-state index in [-0.39, 0.29) is 17.8 Å². The molecule has 17 heavy (non-hydrogen) atoms. The lowest BCUT2D eigenvalue weighted by Gasteiger charge is -2.30. The highest BCUT2D eigenvalue weighted by Gasteiger charge is 2.27. The fourth-order valence-corrected chi connectivity index (χ4v) is 2.13. The van der Waals surface area contributed by atoms with Crippen LogP contribution in [0, 0.1) is 5.92 Å². The smallest absolute Gasteiger partial charge is 0.309 e. The highest BCUT2D eigenvalue weighted by molar-refractivity contribution is 6.17. The Kier molecular flexibility index (Phi) is 6.34. The Balaban J connectivity index is 2.30. The van der Waals surface area contributed by atoms with E-state index >= 15 is 0 Å². The summed E-state index contributed by atoms with van der Waals surface area (Å²) in [5.41, 5.74) is 0. The standard InChI is InChI=1S/C12H20ClNO3/c1-2-17-12(16)10-5-8-14(9-6-10)11(15)4-3-7-13/h10H,2-9H2,1H3. The summed E-state index contributed by atoms with van der Waals surface area (Å²) < 4.78 is 4.98. The van der Waals surface area contributed by atoms with Crippen molar-refractivity contribution in [3.63, 3.8) is 0 Å². The van der Waals surface area contributed by atoms with Crippen LogP contribution in [-0.2, 0) is 14.3 Å². The maximum atomic E-state index is 11.7. The minimum absolute atomic E-state index is 0.0352. The number of hydrogen-bond acceptors (Lipinski definition) is 3. The molecule has 0 saturated carbocycles. The molecule has 1 heterocycles. The molecule has 0 aliphatic carbocycles. The number of rotatable bonds is 5. The Morgan fingerprint density at radius 1 is 1.35 bits per heavy atom. The zero-order valence-electron chi connectivity index (χ0n) is 10.3. The second-order valence-corrected chi connectivity index (χ2v) is 4.58. The van der Waals surface area contributed by atoms with Crippen LogP contribution in [0.2, 0.25) is 0 Å². The number of halogens is 1. The van der Waals surface area contributed by atoms with Gasteiger partial charge in [0.2, 0.25) is 5.91 Å². The zero-order valence-corrected chi connectivity index (χ0v) is 11.0. The molecule has 1 aliphatic heterocycles. The number of hydrogen-bond donors (Lipinski definition) is 0. The molecule has 0 N–H and O–H groups in total. The lowest BCUT2D eigenvalue weighted by atomic mass is 9.97. The van der Waals surface area contributed by atoms with Gasteiger partial charge in [-0.2, -0.15) is 0 Å². The zero-order chi connectivity index (χ0) is 12.7. The number of carbonyl (C=O) groups is 2. The van der Waals surface area contributed by atoms with Crippen LogP contribution < -0.4 is 0 Å². The van der Waals surface area contributed by atoms with Gasteiger partial charge in [0.15, 0.2) is 0 Å². The molecule has 5 heteroatoms. The molecule has 0 atom stereocenters. The summed E-state index contributed by atoms with van der Waals surface area (Å²) in [6.07, 6.45) is 2.66. The summed E-state index contributed by atoms with van der Waals surface area (Å²) >= 11 is 5.55. The maximum absolute atomic E-state index is 11.7. The van der Waals surface area contributed by atoms with Crippen molar-refractivity contribution in [2.24, 2.45) is 5.92 Å². The quantitative estimate of drug-likeness (QED) is 0.560. The van der Waals surface area contributed by atoms with E-state index in [2.05, 4.69) is 0 Å². The van der Waals surface area contributed by atoms with E-state index in [1.807, 2.05) is 11.8 Å². The molecule has 4 nitrogen and oxygen atoms in total. The van der Waals surface area contributed by atoms with E-state index < -0.39 is 0 Å². The third-order valence-electron chi connectivity index (χ3n) is 2.99. The minimum atomic E-state index is -0.125. The van der Waals surface area contributed by atoms with E-state index in [1.165, 1.54) is 0 Å². The first-order valence-corrected chi connectivity index (χ1v) is 6.72. The molecule has 0 radical (unpaired) electrons. The molecule has 0 aromatic rings. The van der Waals surface area contributed by atoms with E-state index in [0.29, 0.717) is 44.8 Å². The maximum Gasteiger partial charge on any atom is 0.309 e. The van der Waals surface area contributed by atoms with Crippen molar-refractivity contribution in [2.45, 2.75) is 32.6 Å². The van der Waals surface area contributed by atoms with Crippen molar-refractivity contribution >= 4 is 23.5 Å². The van der Waals surface area contributed by atoms with Gasteiger partial charge >= 0.3 is 5.97 Å². The Morgan fingerprint density at radius 3 is 2.53 bits per heavy atom. The lowest BCUT2D eigenvalue weighted by molar-refractivity contribution is -0.151. The molecule has 0 bridgehead atoms. The third kappa shape index (κ3) is 4.54. The Morgan fingerprint density at radius 2 is 2.00 bits per heavy atom. The molecule has 1 rings (SSSR count). The van der Waals surface area contributed by atoms with Gasteiger partial charge in [-0.1, -0.05) is 0 Å². The van der Waals surface area contributed by atoms with E-state index in [4.69, 9.17) is 16.3 Å². The van der Waals surface area contributed by atoms with Gasteiger partial charge in [0.25, 0.3) is 0 Å². The number of likely N-dealkylation sites (tertiary alicyclic amines) is 1. The topological polar surface area (TPSA) is 46.6 Å². The fourth-order valence-electron chi connectivity index (χ4n) is 2.00. The van der Waals surface area contributed by atoms with Crippen LogP contribution in [0.5, 0.6) is 0 Å². The molecule has 0 unspecified atom stereocenters. The van der Waals surface area contributed by atoms with Gasteiger partial charge in [0.05, 0.1) is 12.5 Å². The van der Waals surface area contributed by atoms with Gasteiger partial charge in [-0.05, 0) is 26.2 Å². The molecular weight excluding hydrogens is 242 g/mol. The number of nitrogens with zero attached hydrogens (tertiary/aromatic N) is 1. The predicted molar refractivity (Wildman–Crippen MR) is 65.9 cm³/mol. The van der Waals surface area contributed by atoms with Crippen molar-refractivity contribution in [3.8, 4) is 0 Å². The van der Waals surface area contributed by atoms with E-state index in [1.54, 1.807) is 0 Å². The highest BCUT2D eigenvalue weighted by Crippen LogP contribution is 2.19. The first kappa shape index (κ1) is 14.3. The van der Waals surface area contributed by atoms with Crippen LogP contribution in [0.25, 0.3) is 0 Å². The Hall–Kier alpha value is -0.770. The summed E-state index contributed by atoms with van der Waals surface area (Å²) in [5, 5.41) is 0. The first-order chi connectivity index (χ1) is 8.19. The minimum Gasteiger partial charge on any atom is -0.466 e. The summed E-state index contributed by atoms with van der Waals surface area (Å²) in [4.78, 5) is 25.0. The van der Waals surface area contributed by atoms with Crippen LogP contribution in [0.3, 0.4) is 0 Å². The molecule has 0 aromatic carbocycles. The summed E-state index contributed by atoms with van der Waals surface area (Å²) in [6.45, 7) is 3.55. The summed E-state index contributed by atoms with van der Waals surface area (Å²) in [6, 6.07) is 0. The Labute approximate surface area is 107 Å². The number of amides is 1. The van der Waals surface area contributed by atoms with Crippen LogP contribution in [0.15, 0.2) is 0 Å². The number of alkyl halides is 1. The average molecular weight is 262 g/mol. The molecule has 98 valence electrons. The molecule has 0 spiro atoms. The van der Waals surface area contributed by atoms with Crippen molar-refractivity contribution in [2.75, 3.05) is 25.6 Å². The number of carbonyl (C=O) groups excluding carboxylic acids is 2. The van der Waals surface area contributed by atoms with Gasteiger partial charge in [-0.25, -0.2) is 0 Å². The second kappa shape index (κ2) is 7.54. The van der Waals surface area contributed by atoms with Gasteiger partial charge in [0, 0.05) is 25.4 Å². The van der Waals surface area contributed by atoms with E-state index in [0.717, 1.165) is 6.42 Å². The SMILES string of the molecule is CCOC(=O)C1CCN(C(=O)CCCCl)CC1. The highest BCUT2D eigenvalue weighted by atomic mass is 35.5. The van der Waals surface area contributed by atoms with Crippen molar-refractivity contribution in [1.82, 2.24) is 4.90 Å². The molecular formula is C12H20ClNO3. The van der Waals surface area contributed by atoms with Gasteiger partial charge < -0.3 is 9.64 Å². The van der Waals surface area contributed by atoms with Gasteiger partial charge in [-0.3, -0.25) is 9.59 Å². The predicted octanol–water partition coefficient (Wildman–Crippen LogP) is 1.81. The summed E-state index contributed by atoms with van der Waals surface area (Å²) in [5.74, 6) is 0.505. The van der Waals surface area contributed by atoms with Gasteiger partial charge in [0.1, 0.15) is 0 Å². The average Bonchev–Trinajstić information content (AvgIpc) is 2.36. The normalized spacial score (nSPS) is 16.9. The number of esters is 1. The molecule has 0 aromatic heterocycles.